The summed E-state index contributed by atoms with van der Waals surface area (Å²) >= 11 is 0. The normalized spacial score (nSPS) is 17.9. The second-order valence-electron chi connectivity index (χ2n) is 1.75. The molecule has 0 saturated heterocycles. The molecule has 1 radical (unpaired) electrons. The lowest BCUT2D eigenvalue weighted by Gasteiger charge is -1.68. The van der Waals surface area contributed by atoms with Gasteiger partial charge >= 0.3 is 0 Å². The van der Waals surface area contributed by atoms with E-state index < -0.39 is 0 Å². The highest BCUT2D eigenvalue weighted by Gasteiger charge is 2.17. The summed E-state index contributed by atoms with van der Waals surface area (Å²) in [4.78, 5) is 0. The van der Waals surface area contributed by atoms with E-state index in [9.17, 15) is 0 Å². The van der Waals surface area contributed by atoms with Crippen LogP contribution in [-0.2, 0) is 0 Å². The largest absolute Gasteiger partial charge is 0.103 e. The molecule has 1 saturated carbocycles. The summed E-state index contributed by atoms with van der Waals surface area (Å²) in [7, 11) is 0. The molecule has 1 aliphatic rings. The molecule has 1 aliphatic carbocycles. The fraction of sp³-hybridized carbons (Fsp3) is 0.571. The lowest BCUT2D eigenvalue weighted by molar-refractivity contribution is 1.19. The Balaban J connectivity index is 2.16. The molecule has 1 unspecified atom stereocenters. The van der Waals surface area contributed by atoms with Crippen molar-refractivity contribution in [1.82, 2.24) is 0 Å². The minimum Gasteiger partial charge on any atom is -0.103 e. The summed E-state index contributed by atoms with van der Waals surface area (Å²) in [6, 6.07) is 0. The van der Waals surface area contributed by atoms with Crippen LogP contribution in [0.15, 0.2) is 0 Å². The topological polar surface area (TPSA) is 0 Å². The molecule has 0 spiro atoms. The monoisotopic (exact) mass is 93.1 g/mol. The second kappa shape index (κ2) is 2.02. The van der Waals surface area contributed by atoms with E-state index in [1.807, 2.05) is 0 Å². The highest BCUT2D eigenvalue weighted by molar-refractivity contribution is 5.17. The Bertz CT molecular complexity index is 98.9. The molecule has 0 heteroatoms. The van der Waals surface area contributed by atoms with Gasteiger partial charge in [-0.15, -0.1) is 5.92 Å². The molecule has 0 heterocycles. The Morgan fingerprint density at radius 1 is 1.86 bits per heavy atom. The van der Waals surface area contributed by atoms with Gasteiger partial charge in [0.25, 0.3) is 0 Å². The van der Waals surface area contributed by atoms with Crippen LogP contribution in [0.5, 0.6) is 0 Å². The van der Waals surface area contributed by atoms with Gasteiger partial charge in [0, 0.05) is 12.3 Å². The van der Waals surface area contributed by atoms with Crippen LogP contribution in [0.4, 0.5) is 0 Å². The SMILES string of the molecule is CCC#CC1[CH]C1. The molecule has 0 aliphatic heterocycles. The summed E-state index contributed by atoms with van der Waals surface area (Å²) in [6.07, 6.45) is 4.46. The van der Waals surface area contributed by atoms with E-state index in [0.717, 1.165) is 6.42 Å². The molecule has 0 N–H and O–H groups in total. The van der Waals surface area contributed by atoms with Crippen molar-refractivity contribution in [3.63, 3.8) is 0 Å². The summed E-state index contributed by atoms with van der Waals surface area (Å²) < 4.78 is 0. The Hall–Kier alpha value is -0.440. The van der Waals surface area contributed by atoms with E-state index in [2.05, 4.69) is 25.2 Å². The second-order valence-corrected chi connectivity index (χ2v) is 1.75. The van der Waals surface area contributed by atoms with Gasteiger partial charge in [-0.25, -0.2) is 0 Å². The van der Waals surface area contributed by atoms with E-state index in [0.29, 0.717) is 5.92 Å². The van der Waals surface area contributed by atoms with Crippen LogP contribution >= 0.6 is 0 Å². The van der Waals surface area contributed by atoms with Gasteiger partial charge in [-0.2, -0.15) is 0 Å². The number of hydrogen-bond donors (Lipinski definition) is 0. The highest BCUT2D eigenvalue weighted by Crippen LogP contribution is 2.25. The lowest BCUT2D eigenvalue weighted by atomic mass is 10.4. The first kappa shape index (κ1) is 4.71. The van der Waals surface area contributed by atoms with Crippen LogP contribution in [0.2, 0.25) is 0 Å². The zero-order valence-corrected chi connectivity index (χ0v) is 4.57. The lowest BCUT2D eigenvalue weighted by Crippen LogP contribution is -1.60. The summed E-state index contributed by atoms with van der Waals surface area (Å²) in [5, 5.41) is 0. The van der Waals surface area contributed by atoms with Crippen LogP contribution in [0, 0.1) is 24.2 Å². The maximum atomic E-state index is 3.10. The average Bonchev–Trinajstić information content (AvgIpc) is 2.42. The fourth-order valence-corrected chi connectivity index (χ4v) is 0.419. The molecular formula is C7H9. The van der Waals surface area contributed by atoms with Gasteiger partial charge in [0.05, 0.1) is 0 Å². The zero-order valence-electron chi connectivity index (χ0n) is 4.57. The Morgan fingerprint density at radius 2 is 2.57 bits per heavy atom. The standard InChI is InChI=1S/C7H9/c1-2-3-4-7-5-6-7/h5,7H,2,6H2,1H3. The van der Waals surface area contributed by atoms with Gasteiger partial charge in [-0.1, -0.05) is 12.8 Å². The van der Waals surface area contributed by atoms with Crippen molar-refractivity contribution >= 4 is 0 Å². The molecule has 1 fully saturated rings. The summed E-state index contributed by atoms with van der Waals surface area (Å²) in [5.41, 5.74) is 0. The average molecular weight is 93.1 g/mol. The van der Waals surface area contributed by atoms with Crippen LogP contribution in [-0.4, -0.2) is 0 Å². The van der Waals surface area contributed by atoms with E-state index in [1.54, 1.807) is 0 Å². The predicted octanol–water partition coefficient (Wildman–Crippen LogP) is 1.62. The first-order valence-electron chi connectivity index (χ1n) is 2.75. The molecule has 0 amide bonds. The third kappa shape index (κ3) is 1.64. The van der Waals surface area contributed by atoms with Crippen molar-refractivity contribution in [3.8, 4) is 11.8 Å². The summed E-state index contributed by atoms with van der Waals surface area (Å²) in [6.45, 7) is 2.08. The third-order valence-electron chi connectivity index (χ3n) is 0.936. The van der Waals surface area contributed by atoms with Crippen molar-refractivity contribution < 1.29 is 0 Å². The number of hydrogen-bond acceptors (Lipinski definition) is 0. The fourth-order valence-electron chi connectivity index (χ4n) is 0.419. The van der Waals surface area contributed by atoms with E-state index in [4.69, 9.17) is 0 Å². The predicted molar refractivity (Wildman–Crippen MR) is 30.5 cm³/mol. The van der Waals surface area contributed by atoms with Gasteiger partial charge in [0.2, 0.25) is 0 Å². The molecule has 37 valence electrons. The molecule has 0 aromatic carbocycles. The van der Waals surface area contributed by atoms with E-state index >= 15 is 0 Å². The third-order valence-corrected chi connectivity index (χ3v) is 0.936. The minimum absolute atomic E-state index is 0.667. The van der Waals surface area contributed by atoms with Gasteiger partial charge in [-0.05, 0) is 12.8 Å². The first-order chi connectivity index (χ1) is 3.43. The Labute approximate surface area is 44.9 Å². The number of rotatable bonds is 0. The quantitative estimate of drug-likeness (QED) is 0.399. The minimum atomic E-state index is 0.667. The smallest absolute Gasteiger partial charge is 0.0237 e. The maximum absolute atomic E-state index is 3.10. The van der Waals surface area contributed by atoms with Crippen LogP contribution in [0.1, 0.15) is 19.8 Å². The van der Waals surface area contributed by atoms with Crippen LogP contribution < -0.4 is 0 Å². The first-order valence-corrected chi connectivity index (χ1v) is 2.75. The molecule has 7 heavy (non-hydrogen) atoms. The Kier molecular flexibility index (Phi) is 1.36. The molecule has 1 atom stereocenters. The molecule has 0 aromatic heterocycles. The van der Waals surface area contributed by atoms with Crippen LogP contribution in [0.3, 0.4) is 0 Å². The highest BCUT2D eigenvalue weighted by atomic mass is 14.2. The Morgan fingerprint density at radius 3 is 3.00 bits per heavy atom. The summed E-state index contributed by atoms with van der Waals surface area (Å²) in [5.74, 6) is 6.80. The van der Waals surface area contributed by atoms with Crippen LogP contribution in [0.25, 0.3) is 0 Å². The molecule has 1 rings (SSSR count). The maximum Gasteiger partial charge on any atom is 0.0237 e. The van der Waals surface area contributed by atoms with Crippen molar-refractivity contribution in [2.45, 2.75) is 19.8 Å². The molecular weight excluding hydrogens is 84.1 g/mol. The van der Waals surface area contributed by atoms with Crippen molar-refractivity contribution in [3.05, 3.63) is 6.42 Å². The van der Waals surface area contributed by atoms with Gasteiger partial charge in [0.1, 0.15) is 0 Å². The molecule has 0 bridgehead atoms. The van der Waals surface area contributed by atoms with Crippen molar-refractivity contribution in [1.29, 1.82) is 0 Å². The molecule has 0 nitrogen and oxygen atoms in total. The van der Waals surface area contributed by atoms with Gasteiger partial charge in [-0.3, -0.25) is 0 Å². The van der Waals surface area contributed by atoms with Gasteiger partial charge in [0.15, 0.2) is 0 Å². The van der Waals surface area contributed by atoms with Gasteiger partial charge < -0.3 is 0 Å². The van der Waals surface area contributed by atoms with Crippen molar-refractivity contribution in [2.24, 2.45) is 5.92 Å². The van der Waals surface area contributed by atoms with E-state index in [1.165, 1.54) is 6.42 Å². The molecule has 0 aromatic rings. The van der Waals surface area contributed by atoms with Crippen molar-refractivity contribution in [2.75, 3.05) is 0 Å². The van der Waals surface area contributed by atoms with E-state index in [-0.39, 0.29) is 0 Å². The zero-order chi connectivity index (χ0) is 5.11.